The summed E-state index contributed by atoms with van der Waals surface area (Å²) in [5.74, 6) is -1.07. The third-order valence-electron chi connectivity index (χ3n) is 1.66. The minimum atomic E-state index is -1.07. The fraction of sp³-hybridized carbons (Fsp3) is 0.125. The summed E-state index contributed by atoms with van der Waals surface area (Å²) in [5.41, 5.74) is 6.38. The van der Waals surface area contributed by atoms with Crippen molar-refractivity contribution in [3.63, 3.8) is 0 Å². The van der Waals surface area contributed by atoms with Crippen LogP contribution in [0.2, 0.25) is 5.02 Å². The van der Waals surface area contributed by atoms with E-state index in [2.05, 4.69) is 15.9 Å². The molecule has 70 valence electrons. The van der Waals surface area contributed by atoms with Gasteiger partial charge in [-0.1, -0.05) is 11.6 Å². The maximum absolute atomic E-state index is 10.7. The Hall–Kier alpha value is -0.740. The average Bonchev–Trinajstić information content (AvgIpc) is 2.07. The predicted octanol–water partition coefficient (Wildman–Crippen LogP) is 2.69. The van der Waals surface area contributed by atoms with Crippen molar-refractivity contribution in [2.24, 2.45) is 0 Å². The van der Waals surface area contributed by atoms with Gasteiger partial charge in [0.05, 0.1) is 16.3 Å². The maximum Gasteiger partial charge on any atom is 0.337 e. The summed E-state index contributed by atoms with van der Waals surface area (Å²) in [4.78, 5) is 10.7. The van der Waals surface area contributed by atoms with E-state index in [0.717, 1.165) is 5.56 Å². The molecule has 0 radical (unpaired) electrons. The SMILES string of the molecule is Cc1cc(C(=O)O)c(N)c(Cl)c1Br. The highest BCUT2D eigenvalue weighted by Crippen LogP contribution is 2.33. The zero-order valence-corrected chi connectivity index (χ0v) is 9.11. The second-order valence-corrected chi connectivity index (χ2v) is 3.76. The fourth-order valence-corrected chi connectivity index (χ4v) is 1.52. The van der Waals surface area contributed by atoms with E-state index < -0.39 is 5.97 Å². The highest BCUT2D eigenvalue weighted by atomic mass is 79.9. The van der Waals surface area contributed by atoms with Crippen LogP contribution >= 0.6 is 27.5 Å². The minimum absolute atomic E-state index is 0.0331. The lowest BCUT2D eigenvalue weighted by molar-refractivity contribution is 0.0698. The first kappa shape index (κ1) is 10.3. The molecule has 1 aromatic carbocycles. The number of aryl methyl sites for hydroxylation is 1. The van der Waals surface area contributed by atoms with Crippen molar-refractivity contribution in [3.05, 3.63) is 26.7 Å². The molecule has 5 heteroatoms. The van der Waals surface area contributed by atoms with E-state index in [-0.39, 0.29) is 16.3 Å². The molecule has 1 aromatic rings. The molecule has 0 aromatic heterocycles. The van der Waals surface area contributed by atoms with Crippen LogP contribution in [-0.4, -0.2) is 11.1 Å². The van der Waals surface area contributed by atoms with E-state index in [9.17, 15) is 4.79 Å². The number of hydrogen-bond acceptors (Lipinski definition) is 2. The van der Waals surface area contributed by atoms with Gasteiger partial charge in [-0.25, -0.2) is 4.79 Å². The molecule has 0 aliphatic rings. The molecule has 0 saturated carbocycles. The van der Waals surface area contributed by atoms with Crippen LogP contribution < -0.4 is 5.73 Å². The van der Waals surface area contributed by atoms with Crippen LogP contribution in [0.15, 0.2) is 10.5 Å². The molecule has 0 saturated heterocycles. The van der Waals surface area contributed by atoms with E-state index in [1.807, 2.05) is 0 Å². The number of anilines is 1. The van der Waals surface area contributed by atoms with E-state index in [1.54, 1.807) is 6.92 Å². The van der Waals surface area contributed by atoms with Gasteiger partial charge in [-0.2, -0.15) is 0 Å². The van der Waals surface area contributed by atoms with Gasteiger partial charge in [-0.05, 0) is 34.5 Å². The van der Waals surface area contributed by atoms with E-state index >= 15 is 0 Å². The summed E-state index contributed by atoms with van der Waals surface area (Å²) in [6.07, 6.45) is 0. The summed E-state index contributed by atoms with van der Waals surface area (Å²) in [6.45, 7) is 1.75. The predicted molar refractivity (Wildman–Crippen MR) is 55.3 cm³/mol. The molecular weight excluding hydrogens is 257 g/mol. The number of halogens is 2. The zero-order valence-electron chi connectivity index (χ0n) is 6.77. The third kappa shape index (κ3) is 1.78. The monoisotopic (exact) mass is 263 g/mol. The first-order valence-corrected chi connectivity index (χ1v) is 4.59. The number of rotatable bonds is 1. The third-order valence-corrected chi connectivity index (χ3v) is 3.30. The Morgan fingerprint density at radius 3 is 2.69 bits per heavy atom. The van der Waals surface area contributed by atoms with Crippen molar-refractivity contribution in [1.29, 1.82) is 0 Å². The van der Waals surface area contributed by atoms with Crippen LogP contribution in [0.4, 0.5) is 5.69 Å². The second-order valence-electron chi connectivity index (χ2n) is 2.59. The van der Waals surface area contributed by atoms with Crippen molar-refractivity contribution in [2.75, 3.05) is 5.73 Å². The molecule has 0 heterocycles. The lowest BCUT2D eigenvalue weighted by Crippen LogP contribution is -2.04. The molecule has 13 heavy (non-hydrogen) atoms. The summed E-state index contributed by atoms with van der Waals surface area (Å²) in [5, 5.41) is 9.00. The highest BCUT2D eigenvalue weighted by molar-refractivity contribution is 9.10. The van der Waals surface area contributed by atoms with Gasteiger partial charge in [0.15, 0.2) is 0 Å². The van der Waals surface area contributed by atoms with Gasteiger partial charge in [0.25, 0.3) is 0 Å². The molecule has 3 nitrogen and oxygen atoms in total. The van der Waals surface area contributed by atoms with Crippen molar-refractivity contribution in [3.8, 4) is 0 Å². The molecule has 0 amide bonds. The fourth-order valence-electron chi connectivity index (χ4n) is 0.944. The largest absolute Gasteiger partial charge is 0.478 e. The number of nitrogens with two attached hydrogens (primary N) is 1. The number of carboxylic acids is 1. The van der Waals surface area contributed by atoms with Gasteiger partial charge in [0.1, 0.15) is 0 Å². The Balaban J connectivity index is 3.50. The lowest BCUT2D eigenvalue weighted by Gasteiger charge is -2.07. The Bertz CT molecular complexity index is 379. The summed E-state index contributed by atoms with van der Waals surface area (Å²) >= 11 is 9.01. The molecule has 0 aliphatic carbocycles. The van der Waals surface area contributed by atoms with Crippen LogP contribution in [0.5, 0.6) is 0 Å². The van der Waals surface area contributed by atoms with Gasteiger partial charge < -0.3 is 10.8 Å². The number of nitrogen functional groups attached to an aromatic ring is 1. The van der Waals surface area contributed by atoms with Gasteiger partial charge in [0, 0.05) is 4.47 Å². The van der Waals surface area contributed by atoms with E-state index in [1.165, 1.54) is 6.07 Å². The van der Waals surface area contributed by atoms with Crippen LogP contribution in [-0.2, 0) is 0 Å². The summed E-state index contributed by atoms with van der Waals surface area (Å²) in [7, 11) is 0. The number of carbonyl (C=O) groups is 1. The molecule has 0 bridgehead atoms. The molecule has 0 aliphatic heterocycles. The molecule has 3 N–H and O–H groups in total. The van der Waals surface area contributed by atoms with Gasteiger partial charge in [-0.15, -0.1) is 0 Å². The molecule has 0 unspecified atom stereocenters. The molecule has 0 spiro atoms. The quantitative estimate of drug-likeness (QED) is 0.767. The van der Waals surface area contributed by atoms with Gasteiger partial charge in [-0.3, -0.25) is 0 Å². The Kier molecular flexibility index (Phi) is 2.83. The van der Waals surface area contributed by atoms with Gasteiger partial charge in [0.2, 0.25) is 0 Å². The lowest BCUT2D eigenvalue weighted by atomic mass is 10.1. The van der Waals surface area contributed by atoms with E-state index in [4.69, 9.17) is 22.4 Å². The second kappa shape index (κ2) is 3.55. The van der Waals surface area contributed by atoms with E-state index in [0.29, 0.717) is 4.47 Å². The van der Waals surface area contributed by atoms with Crippen LogP contribution in [0.1, 0.15) is 15.9 Å². The minimum Gasteiger partial charge on any atom is -0.478 e. The topological polar surface area (TPSA) is 63.3 Å². The zero-order chi connectivity index (χ0) is 10.2. The number of hydrogen-bond donors (Lipinski definition) is 2. The number of benzene rings is 1. The highest BCUT2D eigenvalue weighted by Gasteiger charge is 2.14. The van der Waals surface area contributed by atoms with Crippen LogP contribution in [0.3, 0.4) is 0 Å². The molecule has 1 rings (SSSR count). The summed E-state index contributed by atoms with van der Waals surface area (Å²) in [6, 6.07) is 1.48. The average molecular weight is 265 g/mol. The maximum atomic E-state index is 10.7. The molecule has 0 fully saturated rings. The first-order valence-electron chi connectivity index (χ1n) is 3.42. The molecular formula is C8H7BrClNO2. The Morgan fingerprint density at radius 2 is 2.23 bits per heavy atom. The normalized spacial score (nSPS) is 10.1. The van der Waals surface area contributed by atoms with Crippen LogP contribution in [0, 0.1) is 6.92 Å². The number of carboxylic acid groups (broad SMARTS) is 1. The summed E-state index contributed by atoms with van der Waals surface area (Å²) < 4.78 is 0.636. The van der Waals surface area contributed by atoms with Crippen molar-refractivity contribution in [2.45, 2.75) is 6.92 Å². The van der Waals surface area contributed by atoms with Crippen molar-refractivity contribution in [1.82, 2.24) is 0 Å². The number of aromatic carboxylic acids is 1. The molecule has 0 atom stereocenters. The van der Waals surface area contributed by atoms with Crippen molar-refractivity contribution < 1.29 is 9.90 Å². The standard InChI is InChI=1S/C8H7BrClNO2/c1-3-2-4(8(12)13)7(11)6(10)5(3)9/h2H,11H2,1H3,(H,12,13). The van der Waals surface area contributed by atoms with Crippen molar-refractivity contribution >= 4 is 39.2 Å². The smallest absolute Gasteiger partial charge is 0.337 e. The Morgan fingerprint density at radius 1 is 1.69 bits per heavy atom. The van der Waals surface area contributed by atoms with Gasteiger partial charge >= 0.3 is 5.97 Å². The Labute approximate surface area is 88.6 Å². The van der Waals surface area contributed by atoms with Crippen LogP contribution in [0.25, 0.3) is 0 Å². The first-order chi connectivity index (χ1) is 5.95.